The first-order valence-electron chi connectivity index (χ1n) is 5.96. The van der Waals surface area contributed by atoms with Gasteiger partial charge in [-0.25, -0.2) is 0 Å². The second-order valence-electron chi connectivity index (χ2n) is 4.61. The Morgan fingerprint density at radius 2 is 1.67 bits per heavy atom. The van der Waals surface area contributed by atoms with E-state index < -0.39 is 0 Å². The molecule has 0 radical (unpaired) electrons. The molecule has 0 saturated heterocycles. The summed E-state index contributed by atoms with van der Waals surface area (Å²) in [5.41, 5.74) is 1.40. The standard InChI is InChI=1S/C14H23N/c1-5-12(4)15-14(11(2)3)13-9-7-6-8-10-13/h6-12,14-15H,5H2,1-4H3/t12-,14+/m0/s1. The highest BCUT2D eigenvalue weighted by Crippen LogP contribution is 2.22. The molecule has 0 aliphatic heterocycles. The average molecular weight is 205 g/mol. The molecule has 0 unspecified atom stereocenters. The Hall–Kier alpha value is -0.820. The molecule has 0 bridgehead atoms. The summed E-state index contributed by atoms with van der Waals surface area (Å²) in [6.07, 6.45) is 1.18. The van der Waals surface area contributed by atoms with E-state index in [4.69, 9.17) is 0 Å². The van der Waals surface area contributed by atoms with E-state index in [1.165, 1.54) is 12.0 Å². The first-order valence-corrected chi connectivity index (χ1v) is 5.96. The van der Waals surface area contributed by atoms with E-state index in [2.05, 4.69) is 63.3 Å². The largest absolute Gasteiger partial charge is 0.307 e. The van der Waals surface area contributed by atoms with E-state index in [1.807, 2.05) is 0 Å². The molecule has 1 aromatic rings. The Kier molecular flexibility index (Phi) is 4.83. The van der Waals surface area contributed by atoms with Gasteiger partial charge in [0, 0.05) is 12.1 Å². The lowest BCUT2D eigenvalue weighted by atomic mass is 9.95. The van der Waals surface area contributed by atoms with Crippen LogP contribution in [0.15, 0.2) is 30.3 Å². The van der Waals surface area contributed by atoms with Crippen LogP contribution in [0.25, 0.3) is 0 Å². The zero-order valence-corrected chi connectivity index (χ0v) is 10.3. The van der Waals surface area contributed by atoms with Crippen molar-refractivity contribution in [2.24, 2.45) is 5.92 Å². The molecule has 0 saturated carbocycles. The van der Waals surface area contributed by atoms with Crippen molar-refractivity contribution < 1.29 is 0 Å². The third-order valence-corrected chi connectivity index (χ3v) is 2.90. The van der Waals surface area contributed by atoms with Gasteiger partial charge in [-0.05, 0) is 24.8 Å². The van der Waals surface area contributed by atoms with E-state index in [1.54, 1.807) is 0 Å². The van der Waals surface area contributed by atoms with Crippen LogP contribution in [-0.4, -0.2) is 6.04 Å². The second-order valence-corrected chi connectivity index (χ2v) is 4.61. The van der Waals surface area contributed by atoms with E-state index in [-0.39, 0.29) is 0 Å². The van der Waals surface area contributed by atoms with E-state index >= 15 is 0 Å². The molecule has 1 rings (SSSR count). The van der Waals surface area contributed by atoms with Gasteiger partial charge in [0.1, 0.15) is 0 Å². The van der Waals surface area contributed by atoms with Gasteiger partial charge in [-0.15, -0.1) is 0 Å². The second kappa shape index (κ2) is 5.92. The molecule has 84 valence electrons. The summed E-state index contributed by atoms with van der Waals surface area (Å²) in [5.74, 6) is 0.626. The topological polar surface area (TPSA) is 12.0 Å². The predicted octanol–water partition coefficient (Wildman–Crippen LogP) is 3.77. The van der Waals surface area contributed by atoms with Crippen LogP contribution in [-0.2, 0) is 0 Å². The molecule has 0 heterocycles. The van der Waals surface area contributed by atoms with Gasteiger partial charge in [-0.2, -0.15) is 0 Å². The minimum absolute atomic E-state index is 0.473. The third-order valence-electron chi connectivity index (χ3n) is 2.90. The fourth-order valence-corrected chi connectivity index (χ4v) is 1.76. The van der Waals surface area contributed by atoms with Crippen LogP contribution in [0.1, 0.15) is 45.7 Å². The van der Waals surface area contributed by atoms with Gasteiger partial charge in [0.25, 0.3) is 0 Å². The van der Waals surface area contributed by atoms with Gasteiger partial charge in [0.05, 0.1) is 0 Å². The van der Waals surface area contributed by atoms with E-state index in [9.17, 15) is 0 Å². The van der Waals surface area contributed by atoms with Crippen molar-refractivity contribution in [2.45, 2.75) is 46.2 Å². The fraction of sp³-hybridized carbons (Fsp3) is 0.571. The van der Waals surface area contributed by atoms with Gasteiger partial charge in [-0.3, -0.25) is 0 Å². The summed E-state index contributed by atoms with van der Waals surface area (Å²) < 4.78 is 0. The Morgan fingerprint density at radius 1 is 1.07 bits per heavy atom. The molecule has 0 amide bonds. The van der Waals surface area contributed by atoms with Crippen LogP contribution < -0.4 is 5.32 Å². The monoisotopic (exact) mass is 205 g/mol. The highest BCUT2D eigenvalue weighted by Gasteiger charge is 2.16. The minimum Gasteiger partial charge on any atom is -0.307 e. The van der Waals surface area contributed by atoms with Gasteiger partial charge in [0.2, 0.25) is 0 Å². The van der Waals surface area contributed by atoms with Crippen molar-refractivity contribution in [3.05, 3.63) is 35.9 Å². The highest BCUT2D eigenvalue weighted by atomic mass is 14.9. The normalized spacial score (nSPS) is 15.3. The van der Waals surface area contributed by atoms with Gasteiger partial charge in [0.15, 0.2) is 0 Å². The third kappa shape index (κ3) is 3.67. The Balaban J connectivity index is 2.75. The smallest absolute Gasteiger partial charge is 0.0345 e. The average Bonchev–Trinajstić information content (AvgIpc) is 2.26. The molecular weight excluding hydrogens is 182 g/mol. The molecule has 2 atom stereocenters. The molecule has 1 nitrogen and oxygen atoms in total. The lowest BCUT2D eigenvalue weighted by Gasteiger charge is -2.26. The highest BCUT2D eigenvalue weighted by molar-refractivity contribution is 5.19. The summed E-state index contributed by atoms with van der Waals surface area (Å²) in [7, 11) is 0. The predicted molar refractivity (Wildman–Crippen MR) is 66.9 cm³/mol. The molecule has 15 heavy (non-hydrogen) atoms. The molecule has 1 aromatic carbocycles. The molecule has 1 N–H and O–H groups in total. The molecule has 0 aliphatic carbocycles. The quantitative estimate of drug-likeness (QED) is 0.771. The molecular formula is C14H23N. The number of hydrogen-bond acceptors (Lipinski definition) is 1. The lowest BCUT2D eigenvalue weighted by Crippen LogP contribution is -2.32. The van der Waals surface area contributed by atoms with Gasteiger partial charge < -0.3 is 5.32 Å². The lowest BCUT2D eigenvalue weighted by molar-refractivity contribution is 0.365. The first-order chi connectivity index (χ1) is 7.15. The van der Waals surface area contributed by atoms with Crippen LogP contribution >= 0.6 is 0 Å². The van der Waals surface area contributed by atoms with Crippen molar-refractivity contribution >= 4 is 0 Å². The van der Waals surface area contributed by atoms with Crippen molar-refractivity contribution in [1.82, 2.24) is 5.32 Å². The zero-order valence-electron chi connectivity index (χ0n) is 10.3. The first kappa shape index (κ1) is 12.3. The van der Waals surface area contributed by atoms with Crippen LogP contribution in [0.5, 0.6) is 0 Å². The van der Waals surface area contributed by atoms with Crippen molar-refractivity contribution in [3.8, 4) is 0 Å². The molecule has 1 heteroatoms. The summed E-state index contributed by atoms with van der Waals surface area (Å²) in [6, 6.07) is 11.8. The van der Waals surface area contributed by atoms with Crippen LogP contribution in [0.4, 0.5) is 0 Å². The van der Waals surface area contributed by atoms with Gasteiger partial charge in [-0.1, -0.05) is 51.1 Å². The summed E-state index contributed by atoms with van der Waals surface area (Å²) in [6.45, 7) is 9.01. The summed E-state index contributed by atoms with van der Waals surface area (Å²) in [5, 5.41) is 3.68. The van der Waals surface area contributed by atoms with Gasteiger partial charge >= 0.3 is 0 Å². The number of benzene rings is 1. The summed E-state index contributed by atoms with van der Waals surface area (Å²) >= 11 is 0. The van der Waals surface area contributed by atoms with Crippen LogP contribution in [0, 0.1) is 5.92 Å². The molecule has 0 spiro atoms. The van der Waals surface area contributed by atoms with Crippen molar-refractivity contribution in [2.75, 3.05) is 0 Å². The number of hydrogen-bond donors (Lipinski definition) is 1. The maximum absolute atomic E-state index is 3.68. The fourth-order valence-electron chi connectivity index (χ4n) is 1.76. The number of nitrogens with one attached hydrogen (secondary N) is 1. The van der Waals surface area contributed by atoms with E-state index in [0.717, 1.165) is 0 Å². The van der Waals surface area contributed by atoms with Crippen LogP contribution in [0.3, 0.4) is 0 Å². The number of rotatable bonds is 5. The zero-order chi connectivity index (χ0) is 11.3. The maximum Gasteiger partial charge on any atom is 0.0345 e. The summed E-state index contributed by atoms with van der Waals surface area (Å²) in [4.78, 5) is 0. The Bertz CT molecular complexity index is 266. The molecule has 0 aliphatic rings. The molecule has 0 aromatic heterocycles. The van der Waals surface area contributed by atoms with Crippen molar-refractivity contribution in [3.63, 3.8) is 0 Å². The Morgan fingerprint density at radius 3 is 2.13 bits per heavy atom. The van der Waals surface area contributed by atoms with Crippen LogP contribution in [0.2, 0.25) is 0 Å². The Labute approximate surface area is 93.9 Å². The van der Waals surface area contributed by atoms with Crippen molar-refractivity contribution in [1.29, 1.82) is 0 Å². The molecule has 0 fully saturated rings. The SMILES string of the molecule is CC[C@H](C)N[C@@H](c1ccccc1)C(C)C. The minimum atomic E-state index is 0.473. The maximum atomic E-state index is 3.68. The van der Waals surface area contributed by atoms with E-state index in [0.29, 0.717) is 18.0 Å².